The smallest absolute Gasteiger partial charge is 0.339 e. The minimum absolute atomic E-state index is 0.0590. The zero-order chi connectivity index (χ0) is 12.3. The molecule has 0 atom stereocenters. The van der Waals surface area contributed by atoms with Gasteiger partial charge in [0.15, 0.2) is 0 Å². The van der Waals surface area contributed by atoms with Gasteiger partial charge < -0.3 is 19.4 Å². The van der Waals surface area contributed by atoms with Crippen molar-refractivity contribution < 1.29 is 19.4 Å². The molecule has 5 nitrogen and oxygen atoms in total. The lowest BCUT2D eigenvalue weighted by Crippen LogP contribution is -2.00. The maximum atomic E-state index is 11.1. The average Bonchev–Trinajstić information content (AvgIpc) is 2.28. The first kappa shape index (κ1) is 11.5. The number of aliphatic hydroxyl groups is 1. The quantitative estimate of drug-likeness (QED) is 0.617. The predicted molar refractivity (Wildman–Crippen MR) is 61.3 cm³/mol. The number of rotatable bonds is 4. The summed E-state index contributed by atoms with van der Waals surface area (Å²) in [4.78, 5) is 11.1. The van der Waals surface area contributed by atoms with Gasteiger partial charge in [0.1, 0.15) is 17.1 Å². The zero-order valence-electron chi connectivity index (χ0n) is 9.05. The van der Waals surface area contributed by atoms with Crippen LogP contribution in [-0.2, 0) is 0 Å². The van der Waals surface area contributed by atoms with Gasteiger partial charge >= 0.3 is 5.63 Å². The molecule has 0 amide bonds. The van der Waals surface area contributed by atoms with Crippen LogP contribution in [0.5, 0.6) is 11.5 Å². The van der Waals surface area contributed by atoms with Crippen molar-refractivity contribution in [3.63, 3.8) is 0 Å². The van der Waals surface area contributed by atoms with Gasteiger partial charge in [0.2, 0.25) is 0 Å². The van der Waals surface area contributed by atoms with Gasteiger partial charge in [-0.05, 0) is 12.1 Å². The molecule has 0 unspecified atom stereocenters. The lowest BCUT2D eigenvalue weighted by Gasteiger charge is -2.06. The van der Waals surface area contributed by atoms with Gasteiger partial charge in [-0.1, -0.05) is 0 Å². The fourth-order valence-electron chi connectivity index (χ4n) is 1.47. The third kappa shape index (κ3) is 2.57. The third-order valence-corrected chi connectivity index (χ3v) is 2.27. The molecule has 0 saturated carbocycles. The van der Waals surface area contributed by atoms with E-state index in [0.717, 1.165) is 6.07 Å². The molecule has 5 heteroatoms. The topological polar surface area (TPSA) is 79.9 Å². The Morgan fingerprint density at radius 2 is 2.12 bits per heavy atom. The van der Waals surface area contributed by atoms with E-state index < -0.39 is 5.63 Å². The molecule has 0 aliphatic carbocycles. The summed E-state index contributed by atoms with van der Waals surface area (Å²) in [5, 5.41) is 18.6. The van der Waals surface area contributed by atoms with Crippen LogP contribution in [0.1, 0.15) is 6.42 Å². The minimum Gasteiger partial charge on any atom is -0.507 e. The number of hydrogen-bond donors (Lipinski definition) is 2. The van der Waals surface area contributed by atoms with Crippen LogP contribution in [0.25, 0.3) is 11.0 Å². The van der Waals surface area contributed by atoms with Crippen LogP contribution in [-0.4, -0.2) is 23.4 Å². The number of hydrogen-bond acceptors (Lipinski definition) is 5. The summed E-state index contributed by atoms with van der Waals surface area (Å²) < 4.78 is 10.3. The van der Waals surface area contributed by atoms with Gasteiger partial charge in [-0.2, -0.15) is 0 Å². The molecule has 0 aliphatic heterocycles. The molecule has 2 N–H and O–H groups in total. The second-order valence-electron chi connectivity index (χ2n) is 3.53. The zero-order valence-corrected chi connectivity index (χ0v) is 9.05. The number of benzene rings is 1. The Balaban J connectivity index is 2.33. The highest BCUT2D eigenvalue weighted by Gasteiger charge is 2.05. The Morgan fingerprint density at radius 3 is 2.88 bits per heavy atom. The summed E-state index contributed by atoms with van der Waals surface area (Å²) >= 11 is 0. The van der Waals surface area contributed by atoms with E-state index in [-0.39, 0.29) is 17.9 Å². The number of ether oxygens (including phenoxy) is 1. The first-order chi connectivity index (χ1) is 8.20. The van der Waals surface area contributed by atoms with E-state index in [1.807, 2.05) is 0 Å². The molecule has 0 bridgehead atoms. The normalized spacial score (nSPS) is 10.6. The molecule has 0 aliphatic rings. The van der Waals surface area contributed by atoms with Crippen LogP contribution in [0.15, 0.2) is 33.5 Å². The Bertz CT molecular complexity index is 573. The summed E-state index contributed by atoms with van der Waals surface area (Å²) in [6, 6.07) is 5.84. The maximum Gasteiger partial charge on any atom is 0.339 e. The third-order valence-electron chi connectivity index (χ3n) is 2.27. The van der Waals surface area contributed by atoms with Crippen molar-refractivity contribution in [3.8, 4) is 11.5 Å². The molecule has 2 aromatic rings. The monoisotopic (exact) mass is 236 g/mol. The van der Waals surface area contributed by atoms with Gasteiger partial charge in [-0.15, -0.1) is 0 Å². The summed E-state index contributed by atoms with van der Waals surface area (Å²) in [6.45, 7) is 0.439. The molecule has 17 heavy (non-hydrogen) atoms. The van der Waals surface area contributed by atoms with Crippen molar-refractivity contribution in [2.75, 3.05) is 13.2 Å². The first-order valence-corrected chi connectivity index (χ1v) is 5.21. The molecule has 0 radical (unpaired) electrons. The highest BCUT2D eigenvalue weighted by atomic mass is 16.5. The molecular weight excluding hydrogens is 224 g/mol. The van der Waals surface area contributed by atoms with Gasteiger partial charge in [0, 0.05) is 19.1 Å². The van der Waals surface area contributed by atoms with Crippen molar-refractivity contribution >= 4 is 11.0 Å². The van der Waals surface area contributed by atoms with Gasteiger partial charge in [0.05, 0.1) is 18.1 Å². The van der Waals surface area contributed by atoms with E-state index in [9.17, 15) is 9.90 Å². The lowest BCUT2D eigenvalue weighted by atomic mass is 10.2. The van der Waals surface area contributed by atoms with Gasteiger partial charge in [-0.3, -0.25) is 0 Å². The van der Waals surface area contributed by atoms with E-state index in [2.05, 4.69) is 0 Å². The molecule has 0 saturated heterocycles. The largest absolute Gasteiger partial charge is 0.507 e. The van der Waals surface area contributed by atoms with E-state index in [1.54, 1.807) is 12.1 Å². The molecule has 1 aromatic carbocycles. The highest BCUT2D eigenvalue weighted by molar-refractivity contribution is 5.83. The van der Waals surface area contributed by atoms with Gasteiger partial charge in [0.25, 0.3) is 0 Å². The molecular formula is C12H12O5. The van der Waals surface area contributed by atoms with E-state index in [4.69, 9.17) is 14.3 Å². The van der Waals surface area contributed by atoms with E-state index in [1.165, 1.54) is 6.07 Å². The summed E-state index contributed by atoms with van der Waals surface area (Å²) in [6.07, 6.45) is 0.530. The standard InChI is InChI=1S/C12H12O5/c13-4-1-5-16-8-2-3-9-10(14)7-12(15)17-11(9)6-8/h2-3,6-7,13-14H,1,4-5H2. The fraction of sp³-hybridized carbons (Fsp3) is 0.250. The summed E-state index contributed by atoms with van der Waals surface area (Å²) in [5.41, 5.74) is -0.334. The van der Waals surface area contributed by atoms with Crippen LogP contribution in [0.2, 0.25) is 0 Å². The first-order valence-electron chi connectivity index (χ1n) is 5.21. The second-order valence-corrected chi connectivity index (χ2v) is 3.53. The van der Waals surface area contributed by atoms with Crippen molar-refractivity contribution in [2.45, 2.75) is 6.42 Å². The van der Waals surface area contributed by atoms with Crippen molar-refractivity contribution in [3.05, 3.63) is 34.7 Å². The highest BCUT2D eigenvalue weighted by Crippen LogP contribution is 2.26. The second kappa shape index (κ2) is 4.88. The lowest BCUT2D eigenvalue weighted by molar-refractivity contribution is 0.233. The van der Waals surface area contributed by atoms with E-state index >= 15 is 0 Å². The van der Waals surface area contributed by atoms with Crippen molar-refractivity contribution in [1.82, 2.24) is 0 Å². The molecule has 1 aromatic heterocycles. The number of aliphatic hydroxyl groups excluding tert-OH is 1. The van der Waals surface area contributed by atoms with Crippen LogP contribution in [0.3, 0.4) is 0 Å². The summed E-state index contributed by atoms with van der Waals surface area (Å²) in [5.74, 6) is 0.415. The maximum absolute atomic E-state index is 11.1. The Hall–Kier alpha value is -2.01. The fourth-order valence-corrected chi connectivity index (χ4v) is 1.47. The SMILES string of the molecule is O=c1cc(O)c2ccc(OCCCO)cc2o1. The molecule has 2 rings (SSSR count). The number of fused-ring (bicyclic) bond motifs is 1. The Kier molecular flexibility index (Phi) is 3.30. The Labute approximate surface area is 96.9 Å². The van der Waals surface area contributed by atoms with Crippen LogP contribution in [0.4, 0.5) is 0 Å². The average molecular weight is 236 g/mol. The van der Waals surface area contributed by atoms with Crippen molar-refractivity contribution in [1.29, 1.82) is 0 Å². The van der Waals surface area contributed by atoms with E-state index in [0.29, 0.717) is 24.2 Å². The van der Waals surface area contributed by atoms with Crippen LogP contribution < -0.4 is 10.4 Å². The van der Waals surface area contributed by atoms with Crippen LogP contribution in [0, 0.1) is 0 Å². The minimum atomic E-state index is -0.609. The Morgan fingerprint density at radius 1 is 1.29 bits per heavy atom. The molecule has 90 valence electrons. The molecule has 0 spiro atoms. The number of aromatic hydroxyl groups is 1. The predicted octanol–water partition coefficient (Wildman–Crippen LogP) is 1.26. The summed E-state index contributed by atoms with van der Waals surface area (Å²) in [7, 11) is 0. The molecule has 1 heterocycles. The molecule has 0 fully saturated rings. The van der Waals surface area contributed by atoms with Crippen LogP contribution >= 0.6 is 0 Å². The van der Waals surface area contributed by atoms with Crippen molar-refractivity contribution in [2.24, 2.45) is 0 Å². The van der Waals surface area contributed by atoms with Gasteiger partial charge in [-0.25, -0.2) is 4.79 Å².